The van der Waals surface area contributed by atoms with Gasteiger partial charge in [0.25, 0.3) is 0 Å². The molecule has 0 fully saturated rings. The summed E-state index contributed by atoms with van der Waals surface area (Å²) in [5, 5.41) is 10.2. The van der Waals surface area contributed by atoms with E-state index in [0.717, 1.165) is 24.3 Å². The summed E-state index contributed by atoms with van der Waals surface area (Å²) >= 11 is 8.31. The molecule has 0 radical (unpaired) electrons. The largest absolute Gasteiger partial charge is 0.387 e. The summed E-state index contributed by atoms with van der Waals surface area (Å²) in [7, 11) is 0. The Morgan fingerprint density at radius 1 is 1.33 bits per heavy atom. The van der Waals surface area contributed by atoms with E-state index in [9.17, 15) is 9.50 Å². The predicted molar refractivity (Wildman–Crippen MR) is 79.5 cm³/mol. The molecule has 2 rings (SSSR count). The highest BCUT2D eigenvalue weighted by Gasteiger charge is 2.15. The topological polar surface area (TPSA) is 20.2 Å². The predicted octanol–water partition coefficient (Wildman–Crippen LogP) is 5.00. The molecule has 0 aliphatic carbocycles. The summed E-state index contributed by atoms with van der Waals surface area (Å²) < 4.78 is 15.0. The van der Waals surface area contributed by atoms with Crippen LogP contribution < -0.4 is 0 Å². The van der Waals surface area contributed by atoms with Crippen LogP contribution in [-0.2, 0) is 6.42 Å². The number of halogens is 3. The van der Waals surface area contributed by atoms with Gasteiger partial charge in [0, 0.05) is 15.8 Å². The smallest absolute Gasteiger partial charge is 0.123 e. The molecule has 1 heterocycles. The fourth-order valence-electron chi connectivity index (χ4n) is 1.66. The van der Waals surface area contributed by atoms with Gasteiger partial charge in [-0.3, -0.25) is 0 Å². The molecule has 1 aromatic heterocycles. The number of aliphatic hydroxyl groups excluding tert-OH is 1. The molecule has 1 nitrogen and oxygen atoms in total. The highest BCUT2D eigenvalue weighted by atomic mass is 79.9. The third-order valence-corrected chi connectivity index (χ3v) is 5.64. The van der Waals surface area contributed by atoms with Crippen molar-refractivity contribution in [3.8, 4) is 0 Å². The molecule has 1 aromatic carbocycles. The first-order valence-corrected chi connectivity index (χ1v) is 7.75. The van der Waals surface area contributed by atoms with Gasteiger partial charge in [0.15, 0.2) is 0 Å². The van der Waals surface area contributed by atoms with Crippen molar-refractivity contribution in [1.82, 2.24) is 0 Å². The lowest BCUT2D eigenvalue weighted by atomic mass is 10.1. The van der Waals surface area contributed by atoms with E-state index in [1.807, 2.05) is 13.0 Å². The van der Waals surface area contributed by atoms with Crippen molar-refractivity contribution in [2.24, 2.45) is 0 Å². The number of hydrogen-bond donors (Lipinski definition) is 1. The van der Waals surface area contributed by atoms with Crippen LogP contribution in [0.2, 0.25) is 0 Å². The molecular weight excluding hydrogens is 383 g/mol. The molecule has 1 N–H and O–H groups in total. The fourth-order valence-corrected chi connectivity index (χ4v) is 3.62. The molecule has 0 spiro atoms. The molecule has 0 aliphatic heterocycles. The Bertz CT molecular complexity index is 549. The van der Waals surface area contributed by atoms with Crippen LogP contribution in [0.1, 0.15) is 22.1 Å². The van der Waals surface area contributed by atoms with Gasteiger partial charge in [0.2, 0.25) is 0 Å². The Morgan fingerprint density at radius 3 is 2.67 bits per heavy atom. The Hall–Kier alpha value is -0.230. The summed E-state index contributed by atoms with van der Waals surface area (Å²) in [6.07, 6.45) is -0.219. The second kappa shape index (κ2) is 5.82. The van der Waals surface area contributed by atoms with Gasteiger partial charge in [0.1, 0.15) is 5.82 Å². The SMILES string of the molecule is Cc1cc(C(O)Cc2cc(F)ccc2Br)sc1Br. The lowest BCUT2D eigenvalue weighted by Crippen LogP contribution is -2.00. The molecule has 1 unspecified atom stereocenters. The van der Waals surface area contributed by atoms with Gasteiger partial charge in [-0.25, -0.2) is 4.39 Å². The Balaban J connectivity index is 2.20. The molecule has 1 atom stereocenters. The van der Waals surface area contributed by atoms with Gasteiger partial charge in [-0.05, 0) is 58.2 Å². The van der Waals surface area contributed by atoms with E-state index in [4.69, 9.17) is 0 Å². The summed E-state index contributed by atoms with van der Waals surface area (Å²) in [4.78, 5) is 0.885. The Labute approximate surface area is 126 Å². The maximum atomic E-state index is 13.2. The lowest BCUT2D eigenvalue weighted by Gasteiger charge is -2.10. The standard InChI is InChI=1S/C13H11Br2FOS/c1-7-4-12(18-13(7)15)11(17)6-8-5-9(16)2-3-10(8)14/h2-5,11,17H,6H2,1H3. The average molecular weight is 394 g/mol. The number of aliphatic hydroxyl groups is 1. The third kappa shape index (κ3) is 3.20. The van der Waals surface area contributed by atoms with Crippen molar-refractivity contribution in [1.29, 1.82) is 0 Å². The van der Waals surface area contributed by atoms with Crippen LogP contribution in [0, 0.1) is 12.7 Å². The van der Waals surface area contributed by atoms with Gasteiger partial charge >= 0.3 is 0 Å². The summed E-state index contributed by atoms with van der Waals surface area (Å²) in [6, 6.07) is 6.45. The summed E-state index contributed by atoms with van der Waals surface area (Å²) in [5.41, 5.74) is 1.87. The maximum absolute atomic E-state index is 13.2. The van der Waals surface area contributed by atoms with E-state index >= 15 is 0 Å². The van der Waals surface area contributed by atoms with Crippen molar-refractivity contribution >= 4 is 43.2 Å². The van der Waals surface area contributed by atoms with Crippen molar-refractivity contribution in [2.75, 3.05) is 0 Å². The van der Waals surface area contributed by atoms with E-state index in [1.54, 1.807) is 6.07 Å². The molecule has 0 saturated heterocycles. The zero-order chi connectivity index (χ0) is 13.3. The van der Waals surface area contributed by atoms with Gasteiger partial charge in [-0.1, -0.05) is 15.9 Å². The first-order chi connectivity index (χ1) is 8.47. The van der Waals surface area contributed by atoms with E-state index in [1.165, 1.54) is 23.5 Å². The number of thiophene rings is 1. The van der Waals surface area contributed by atoms with E-state index in [2.05, 4.69) is 31.9 Å². The van der Waals surface area contributed by atoms with Crippen LogP contribution in [0.4, 0.5) is 4.39 Å². The first-order valence-electron chi connectivity index (χ1n) is 5.35. The van der Waals surface area contributed by atoms with Crippen molar-refractivity contribution in [3.63, 3.8) is 0 Å². The normalized spacial score (nSPS) is 12.7. The molecule has 0 saturated carbocycles. The Kier molecular flexibility index (Phi) is 4.59. The van der Waals surface area contributed by atoms with Crippen LogP contribution in [0.25, 0.3) is 0 Å². The molecule has 18 heavy (non-hydrogen) atoms. The molecule has 0 amide bonds. The van der Waals surface area contributed by atoms with Crippen LogP contribution >= 0.6 is 43.2 Å². The first kappa shape index (κ1) is 14.2. The maximum Gasteiger partial charge on any atom is 0.123 e. The number of rotatable bonds is 3. The highest BCUT2D eigenvalue weighted by molar-refractivity contribution is 9.11. The van der Waals surface area contributed by atoms with E-state index in [-0.39, 0.29) is 5.82 Å². The molecule has 2 aromatic rings. The molecule has 5 heteroatoms. The minimum Gasteiger partial charge on any atom is -0.387 e. The number of hydrogen-bond acceptors (Lipinski definition) is 2. The van der Waals surface area contributed by atoms with Gasteiger partial charge < -0.3 is 5.11 Å². The lowest BCUT2D eigenvalue weighted by molar-refractivity contribution is 0.182. The third-order valence-electron chi connectivity index (χ3n) is 2.63. The molecule has 0 aliphatic rings. The number of aryl methyl sites for hydroxylation is 1. The Morgan fingerprint density at radius 2 is 2.06 bits per heavy atom. The second-order valence-corrected chi connectivity index (χ2v) is 7.32. The quantitative estimate of drug-likeness (QED) is 0.778. The highest BCUT2D eigenvalue weighted by Crippen LogP contribution is 2.33. The van der Waals surface area contributed by atoms with Gasteiger partial charge in [0.05, 0.1) is 9.89 Å². The zero-order valence-corrected chi connectivity index (χ0v) is 13.6. The van der Waals surface area contributed by atoms with Crippen molar-refractivity contribution < 1.29 is 9.50 Å². The van der Waals surface area contributed by atoms with Crippen LogP contribution in [-0.4, -0.2) is 5.11 Å². The van der Waals surface area contributed by atoms with Crippen LogP contribution in [0.5, 0.6) is 0 Å². The second-order valence-electron chi connectivity index (χ2n) is 4.06. The minimum absolute atomic E-state index is 0.288. The average Bonchev–Trinajstić information content (AvgIpc) is 2.64. The van der Waals surface area contributed by atoms with Crippen LogP contribution in [0.3, 0.4) is 0 Å². The fraction of sp³-hybridized carbons (Fsp3) is 0.231. The summed E-state index contributed by atoms with van der Waals surface area (Å²) in [5.74, 6) is -0.288. The molecule has 0 bridgehead atoms. The molecular formula is C13H11Br2FOS. The minimum atomic E-state index is -0.613. The van der Waals surface area contributed by atoms with Gasteiger partial charge in [-0.15, -0.1) is 11.3 Å². The van der Waals surface area contributed by atoms with Crippen LogP contribution in [0.15, 0.2) is 32.5 Å². The monoisotopic (exact) mass is 392 g/mol. The zero-order valence-electron chi connectivity index (χ0n) is 9.58. The molecule has 96 valence electrons. The van der Waals surface area contributed by atoms with E-state index < -0.39 is 6.10 Å². The van der Waals surface area contributed by atoms with E-state index in [0.29, 0.717) is 6.42 Å². The van der Waals surface area contributed by atoms with Crippen molar-refractivity contribution in [2.45, 2.75) is 19.4 Å². The number of benzene rings is 1. The summed E-state index contributed by atoms with van der Waals surface area (Å²) in [6.45, 7) is 1.98. The van der Waals surface area contributed by atoms with Crippen molar-refractivity contribution in [3.05, 3.63) is 54.3 Å². The van der Waals surface area contributed by atoms with Gasteiger partial charge in [-0.2, -0.15) is 0 Å².